The molecule has 1 rings (SSSR count). The second-order valence-electron chi connectivity index (χ2n) is 6.09. The molecular formula is C16H33N. The zero-order chi connectivity index (χ0) is 12.3. The molecule has 0 radical (unpaired) electrons. The molecule has 2 unspecified atom stereocenters. The summed E-state index contributed by atoms with van der Waals surface area (Å²) in [6.45, 7) is 7.20. The number of hydrogen-bond donors (Lipinski definition) is 1. The third-order valence-corrected chi connectivity index (χ3v) is 4.23. The van der Waals surface area contributed by atoms with Crippen molar-refractivity contribution in [2.75, 3.05) is 13.1 Å². The third-order valence-electron chi connectivity index (χ3n) is 4.23. The van der Waals surface area contributed by atoms with E-state index in [1.54, 1.807) is 0 Å². The fraction of sp³-hybridized carbons (Fsp3) is 1.00. The first-order valence-electron chi connectivity index (χ1n) is 8.03. The van der Waals surface area contributed by atoms with Crippen molar-refractivity contribution in [2.45, 2.75) is 78.1 Å². The van der Waals surface area contributed by atoms with Gasteiger partial charge in [-0.15, -0.1) is 0 Å². The summed E-state index contributed by atoms with van der Waals surface area (Å²) in [6, 6.07) is 0. The maximum atomic E-state index is 3.62. The van der Waals surface area contributed by atoms with Gasteiger partial charge in [0.2, 0.25) is 0 Å². The molecule has 1 N–H and O–H groups in total. The Kier molecular flexibility index (Phi) is 8.78. The largest absolute Gasteiger partial charge is 0.317 e. The van der Waals surface area contributed by atoms with Crippen molar-refractivity contribution in [3.8, 4) is 0 Å². The van der Waals surface area contributed by atoms with Crippen LogP contribution in [0.4, 0.5) is 0 Å². The summed E-state index contributed by atoms with van der Waals surface area (Å²) in [7, 11) is 0. The van der Waals surface area contributed by atoms with Crippen LogP contribution in [-0.2, 0) is 0 Å². The van der Waals surface area contributed by atoms with Crippen molar-refractivity contribution in [1.29, 1.82) is 0 Å². The second kappa shape index (κ2) is 9.94. The summed E-state index contributed by atoms with van der Waals surface area (Å²) in [6.07, 6.45) is 14.3. The monoisotopic (exact) mass is 239 g/mol. The first-order valence-corrected chi connectivity index (χ1v) is 8.03. The van der Waals surface area contributed by atoms with Crippen LogP contribution in [0.1, 0.15) is 78.1 Å². The summed E-state index contributed by atoms with van der Waals surface area (Å²) in [5.41, 5.74) is 0. The van der Waals surface area contributed by atoms with E-state index in [1.165, 1.54) is 77.3 Å². The van der Waals surface area contributed by atoms with Crippen LogP contribution >= 0.6 is 0 Å². The van der Waals surface area contributed by atoms with Crippen molar-refractivity contribution in [2.24, 2.45) is 11.8 Å². The molecule has 0 aromatic rings. The number of hydrogen-bond acceptors (Lipinski definition) is 1. The number of rotatable bonds is 9. The minimum atomic E-state index is 0.989. The van der Waals surface area contributed by atoms with Crippen LogP contribution in [0.3, 0.4) is 0 Å². The van der Waals surface area contributed by atoms with E-state index in [0.717, 1.165) is 11.8 Å². The molecule has 1 heteroatoms. The van der Waals surface area contributed by atoms with Gasteiger partial charge in [-0.1, -0.05) is 58.8 Å². The Morgan fingerprint density at radius 2 is 1.82 bits per heavy atom. The van der Waals surface area contributed by atoms with Crippen molar-refractivity contribution < 1.29 is 0 Å². The molecule has 17 heavy (non-hydrogen) atoms. The summed E-state index contributed by atoms with van der Waals surface area (Å²) >= 11 is 0. The molecule has 1 saturated carbocycles. The van der Waals surface area contributed by atoms with Crippen LogP contribution in [0.2, 0.25) is 0 Å². The van der Waals surface area contributed by atoms with Gasteiger partial charge in [-0.3, -0.25) is 0 Å². The highest BCUT2D eigenvalue weighted by atomic mass is 14.8. The third kappa shape index (κ3) is 7.81. The van der Waals surface area contributed by atoms with Gasteiger partial charge in [0.25, 0.3) is 0 Å². The fourth-order valence-corrected chi connectivity index (χ4v) is 3.11. The van der Waals surface area contributed by atoms with Crippen molar-refractivity contribution in [3.05, 3.63) is 0 Å². The average molecular weight is 239 g/mol. The van der Waals surface area contributed by atoms with Gasteiger partial charge in [-0.25, -0.2) is 0 Å². The fourth-order valence-electron chi connectivity index (χ4n) is 3.11. The summed E-state index contributed by atoms with van der Waals surface area (Å²) in [4.78, 5) is 0. The van der Waals surface area contributed by atoms with Crippen LogP contribution in [0.15, 0.2) is 0 Å². The van der Waals surface area contributed by atoms with Gasteiger partial charge in [0.1, 0.15) is 0 Å². The van der Waals surface area contributed by atoms with E-state index in [1.807, 2.05) is 0 Å². The first-order chi connectivity index (χ1) is 8.33. The van der Waals surface area contributed by atoms with Gasteiger partial charge in [0, 0.05) is 0 Å². The maximum absolute atomic E-state index is 3.62. The summed E-state index contributed by atoms with van der Waals surface area (Å²) in [5, 5.41) is 3.62. The van der Waals surface area contributed by atoms with Gasteiger partial charge < -0.3 is 5.32 Å². The molecule has 2 atom stereocenters. The predicted molar refractivity (Wildman–Crippen MR) is 77.4 cm³/mol. The lowest BCUT2D eigenvalue weighted by molar-refractivity contribution is 0.267. The Morgan fingerprint density at radius 3 is 2.59 bits per heavy atom. The van der Waals surface area contributed by atoms with Gasteiger partial charge in [0.15, 0.2) is 0 Å². The highest BCUT2D eigenvalue weighted by Gasteiger charge is 2.17. The molecule has 1 nitrogen and oxygen atoms in total. The topological polar surface area (TPSA) is 12.0 Å². The molecule has 0 aromatic carbocycles. The van der Waals surface area contributed by atoms with Gasteiger partial charge in [-0.2, -0.15) is 0 Å². The van der Waals surface area contributed by atoms with E-state index in [4.69, 9.17) is 0 Å². The number of nitrogens with one attached hydrogen (secondary N) is 1. The Bertz CT molecular complexity index is 167. The number of unbranched alkanes of at least 4 members (excludes halogenated alkanes) is 4. The molecule has 0 aliphatic heterocycles. The zero-order valence-corrected chi connectivity index (χ0v) is 12.1. The van der Waals surface area contributed by atoms with Crippen LogP contribution in [-0.4, -0.2) is 13.1 Å². The standard InChI is InChI=1S/C16H33N/c1-3-4-5-6-7-12-17-13-11-16-10-8-9-15(2)14-16/h15-17H,3-14H2,1-2H3. The minimum Gasteiger partial charge on any atom is -0.317 e. The lowest BCUT2D eigenvalue weighted by Crippen LogP contribution is -2.22. The van der Waals surface area contributed by atoms with Crippen LogP contribution in [0, 0.1) is 11.8 Å². The predicted octanol–water partition coefficient (Wildman–Crippen LogP) is 4.76. The SMILES string of the molecule is CCCCCCCNCCC1CCCC(C)C1. The van der Waals surface area contributed by atoms with Crippen LogP contribution in [0.25, 0.3) is 0 Å². The molecule has 1 aliphatic carbocycles. The van der Waals surface area contributed by atoms with Gasteiger partial charge in [0.05, 0.1) is 0 Å². The molecule has 1 fully saturated rings. The molecule has 0 heterocycles. The molecule has 0 amide bonds. The van der Waals surface area contributed by atoms with E-state index in [2.05, 4.69) is 19.2 Å². The van der Waals surface area contributed by atoms with Crippen molar-refractivity contribution in [1.82, 2.24) is 5.32 Å². The van der Waals surface area contributed by atoms with Gasteiger partial charge >= 0.3 is 0 Å². The average Bonchev–Trinajstić information content (AvgIpc) is 2.33. The van der Waals surface area contributed by atoms with Crippen molar-refractivity contribution >= 4 is 0 Å². The summed E-state index contributed by atoms with van der Waals surface area (Å²) < 4.78 is 0. The van der Waals surface area contributed by atoms with Gasteiger partial charge in [-0.05, 0) is 44.2 Å². The van der Waals surface area contributed by atoms with Crippen LogP contribution in [0.5, 0.6) is 0 Å². The van der Waals surface area contributed by atoms with E-state index in [9.17, 15) is 0 Å². The lowest BCUT2D eigenvalue weighted by atomic mass is 9.81. The molecule has 0 spiro atoms. The maximum Gasteiger partial charge on any atom is -0.00463 e. The first kappa shape index (κ1) is 15.0. The molecule has 0 aromatic heterocycles. The quantitative estimate of drug-likeness (QED) is 0.572. The van der Waals surface area contributed by atoms with Crippen LogP contribution < -0.4 is 5.32 Å². The smallest absolute Gasteiger partial charge is 0.00463 e. The molecule has 1 aliphatic rings. The molecular weight excluding hydrogens is 206 g/mol. The summed E-state index contributed by atoms with van der Waals surface area (Å²) in [5.74, 6) is 2.01. The Balaban J connectivity index is 1.83. The van der Waals surface area contributed by atoms with Crippen molar-refractivity contribution in [3.63, 3.8) is 0 Å². The Hall–Kier alpha value is -0.0400. The highest BCUT2D eigenvalue weighted by Crippen LogP contribution is 2.30. The van der Waals surface area contributed by atoms with E-state index >= 15 is 0 Å². The molecule has 102 valence electrons. The van der Waals surface area contributed by atoms with E-state index in [-0.39, 0.29) is 0 Å². The second-order valence-corrected chi connectivity index (χ2v) is 6.09. The normalized spacial score (nSPS) is 25.1. The Morgan fingerprint density at radius 1 is 1.00 bits per heavy atom. The lowest BCUT2D eigenvalue weighted by Gasteiger charge is -2.26. The van der Waals surface area contributed by atoms with E-state index < -0.39 is 0 Å². The molecule has 0 bridgehead atoms. The Labute approximate surface area is 109 Å². The van der Waals surface area contributed by atoms with E-state index in [0.29, 0.717) is 0 Å². The zero-order valence-electron chi connectivity index (χ0n) is 12.1. The minimum absolute atomic E-state index is 0.989. The molecule has 0 saturated heterocycles. The highest BCUT2D eigenvalue weighted by molar-refractivity contribution is 4.71.